The highest BCUT2D eigenvalue weighted by Crippen LogP contribution is 2.71. The molecule has 16 aliphatic rings. The maximum absolute atomic E-state index is 12.4. The summed E-state index contributed by atoms with van der Waals surface area (Å²) in [4.78, 5) is 55.2. The molecule has 10 fully saturated rings. The number of H-pyrrole nitrogens is 1. The molecule has 10 saturated carbocycles. The van der Waals surface area contributed by atoms with Crippen LogP contribution in [-0.2, 0) is 28.7 Å². The van der Waals surface area contributed by atoms with Gasteiger partial charge in [0, 0.05) is 74.4 Å². The first kappa shape index (κ1) is 75.3. The predicted molar refractivity (Wildman–Crippen MR) is 413 cm³/mol. The maximum Gasteiger partial charge on any atom is 0.302 e. The Bertz CT molecular complexity index is 3450. The molecule has 556 valence electrons. The van der Waals surface area contributed by atoms with Gasteiger partial charge in [0.2, 0.25) is 0 Å². The van der Waals surface area contributed by atoms with Gasteiger partial charge >= 0.3 is 11.9 Å². The third-order valence-electron chi connectivity index (χ3n) is 34.1. The summed E-state index contributed by atoms with van der Waals surface area (Å²) in [6.45, 7) is 27.7. The molecule has 2 heterocycles. The molecule has 0 radical (unpaired) electrons. The van der Waals surface area contributed by atoms with E-state index in [4.69, 9.17) is 9.47 Å². The zero-order valence-corrected chi connectivity index (χ0v) is 64.9. The van der Waals surface area contributed by atoms with Crippen LogP contribution >= 0.6 is 0 Å². The summed E-state index contributed by atoms with van der Waals surface area (Å²) in [6, 6.07) is 8.81. The van der Waals surface area contributed by atoms with E-state index < -0.39 is 0 Å². The molecule has 0 aliphatic heterocycles. The van der Waals surface area contributed by atoms with Crippen LogP contribution in [0.2, 0.25) is 0 Å². The van der Waals surface area contributed by atoms with E-state index in [1.165, 1.54) is 139 Å². The van der Waals surface area contributed by atoms with Crippen molar-refractivity contribution in [3.05, 3.63) is 126 Å². The number of esters is 2. The van der Waals surface area contributed by atoms with Crippen molar-refractivity contribution in [3.63, 3.8) is 0 Å². The number of ether oxygens (including phenoxy) is 2. The summed E-state index contributed by atoms with van der Waals surface area (Å²) in [6.07, 6.45) is 59.6. The maximum atomic E-state index is 12.4. The number of pyridine rings is 2. The van der Waals surface area contributed by atoms with Crippen molar-refractivity contribution in [3.8, 4) is 0 Å². The molecule has 0 bridgehead atoms. The van der Waals surface area contributed by atoms with Gasteiger partial charge in [0.1, 0.15) is 23.8 Å². The number of carbonyl (C=O) groups is 4. The Morgan fingerprint density at radius 2 is 0.775 bits per heavy atom. The van der Waals surface area contributed by atoms with Gasteiger partial charge in [-0.3, -0.25) is 24.2 Å². The van der Waals surface area contributed by atoms with Crippen molar-refractivity contribution in [2.45, 2.75) is 295 Å². The highest BCUT2D eigenvalue weighted by molar-refractivity contribution is 5.88. The molecule has 1 N–H and O–H groups in total. The summed E-state index contributed by atoms with van der Waals surface area (Å²) < 4.78 is 11.0. The van der Waals surface area contributed by atoms with E-state index in [1.54, 1.807) is 11.1 Å². The number of ketones is 2. The zero-order chi connectivity index (χ0) is 70.1. The lowest BCUT2D eigenvalue weighted by Gasteiger charge is -2.58. The van der Waals surface area contributed by atoms with Crippen LogP contribution in [0, 0.1) is 134 Å². The number of allylic oxidation sites excluding steroid dienone is 10. The second-order valence-electron chi connectivity index (χ2n) is 38.7. The lowest BCUT2D eigenvalue weighted by Crippen LogP contribution is -2.50. The third-order valence-corrected chi connectivity index (χ3v) is 34.1. The van der Waals surface area contributed by atoms with E-state index in [9.17, 15) is 19.2 Å². The molecular formula is C94H134N2O6. The lowest BCUT2D eigenvalue weighted by atomic mass is 9.47. The molecule has 12 unspecified atom stereocenters. The number of carbonyl (C=O) groups excluding carboxylic acids is 4. The minimum Gasteiger partial charge on any atom is -0.462 e. The average Bonchev–Trinajstić information content (AvgIpc) is 0.791. The van der Waals surface area contributed by atoms with Gasteiger partial charge in [0.15, 0.2) is 12.4 Å². The quantitative estimate of drug-likeness (QED) is 0.170. The van der Waals surface area contributed by atoms with Crippen LogP contribution in [0.4, 0.5) is 0 Å². The van der Waals surface area contributed by atoms with Crippen LogP contribution < -0.4 is 4.98 Å². The number of nitrogens with zero attached hydrogens (tertiary/aromatic N) is 1. The number of hydrogen-bond acceptors (Lipinski definition) is 7. The van der Waals surface area contributed by atoms with Gasteiger partial charge in [-0.05, 0) is 311 Å². The molecule has 0 amide bonds. The van der Waals surface area contributed by atoms with Crippen LogP contribution in [0.25, 0.3) is 11.1 Å². The lowest BCUT2D eigenvalue weighted by molar-refractivity contribution is -0.378. The minimum atomic E-state index is -0.157. The highest BCUT2D eigenvalue weighted by atomic mass is 16.5. The Hall–Kier alpha value is -4.98. The van der Waals surface area contributed by atoms with Gasteiger partial charge in [-0.2, -0.15) is 0 Å². The van der Waals surface area contributed by atoms with E-state index in [1.807, 2.05) is 23.5 Å². The monoisotopic (exact) mass is 1390 g/mol. The Morgan fingerprint density at radius 3 is 1.16 bits per heavy atom. The molecule has 18 rings (SSSR count). The SMILES string of the molecule is C.CC(=O)O[C@H]1CC[C@@]2(C)C(=CCC3C2CC[C@]2(C)C(=O)CCC32)C1.CC(=O)O[C@H]1CC[C@@]2(C)C(=CCC3C2CC[C@]2(C)C(=O)CCC32)C1.C[C@H]1CC[C@@]2(C)C(=CCC3C2CC[C@]2(C)C(c4ccc[nH+]c4)=CCC32)C1.C[C@H]1CC[C@@]2(C)C(=CCC3C2CC[C@]2(C)C(c4cccnc4)=CCC32)C1.[CH3-]. The van der Waals surface area contributed by atoms with Crippen molar-refractivity contribution < 1.29 is 33.6 Å². The first-order chi connectivity index (χ1) is 47.7. The van der Waals surface area contributed by atoms with Gasteiger partial charge in [0.25, 0.3) is 0 Å². The molecule has 0 spiro atoms. The number of rotatable bonds is 4. The van der Waals surface area contributed by atoms with Gasteiger partial charge < -0.3 is 16.9 Å². The first-order valence-electron chi connectivity index (χ1n) is 41.2. The number of aromatic nitrogens is 2. The van der Waals surface area contributed by atoms with Gasteiger partial charge in [-0.15, -0.1) is 0 Å². The molecule has 24 atom stereocenters. The van der Waals surface area contributed by atoms with E-state index in [0.29, 0.717) is 68.7 Å². The first-order valence-corrected chi connectivity index (χ1v) is 41.2. The molecule has 0 aromatic carbocycles. The summed E-state index contributed by atoms with van der Waals surface area (Å²) >= 11 is 0. The minimum absolute atomic E-state index is 0. The van der Waals surface area contributed by atoms with Gasteiger partial charge in [-0.1, -0.05) is 141 Å². The molecule has 2 aromatic rings. The Kier molecular flexibility index (Phi) is 20.9. The van der Waals surface area contributed by atoms with Gasteiger partial charge in [0.05, 0.1) is 0 Å². The second-order valence-corrected chi connectivity index (χ2v) is 38.7. The van der Waals surface area contributed by atoms with Crippen LogP contribution in [0.5, 0.6) is 0 Å². The number of Topliss-reactive ketones (excluding diaryl/α,β-unsaturated/α-hetero) is 2. The topological polar surface area (TPSA) is 114 Å². The van der Waals surface area contributed by atoms with Crippen molar-refractivity contribution in [1.29, 1.82) is 0 Å². The normalized spacial score (nSPS) is 44.9. The summed E-state index contributed by atoms with van der Waals surface area (Å²) in [7, 11) is 0. The fourth-order valence-corrected chi connectivity index (χ4v) is 28.3. The molecular weight excluding hydrogens is 1250 g/mol. The largest absolute Gasteiger partial charge is 0.462 e. The van der Waals surface area contributed by atoms with Crippen LogP contribution in [0.1, 0.15) is 294 Å². The smallest absolute Gasteiger partial charge is 0.302 e. The van der Waals surface area contributed by atoms with Crippen molar-refractivity contribution in [2.75, 3.05) is 0 Å². The number of nitrogens with one attached hydrogen (secondary N) is 1. The summed E-state index contributed by atoms with van der Waals surface area (Å²) in [5.74, 6) is 11.7. The van der Waals surface area contributed by atoms with E-state index >= 15 is 0 Å². The fraction of sp³-hybridized carbons (Fsp3) is 0.713. The van der Waals surface area contributed by atoms with Crippen LogP contribution in [0.3, 0.4) is 0 Å². The number of fused-ring (bicyclic) bond motifs is 20. The van der Waals surface area contributed by atoms with Crippen molar-refractivity contribution >= 4 is 34.7 Å². The Labute approximate surface area is 617 Å². The van der Waals surface area contributed by atoms with Crippen LogP contribution in [0.15, 0.2) is 108 Å². The standard InChI is InChI=1S/2C25H33N.2C21H30O3.CH4.CH3/c2*1-17-10-12-24(2)19(15-17)6-7-20-22-9-8-21(18-5-4-14-26-16-18)25(22,3)13-11-23(20)24;2*1-13(22)24-15-8-10-20(2)14(12-15)4-5-16-17-6-7-19(23)21(17,3)11-9-18(16)20;;/h2*4-6,8,14,16-17,20,22-23H,7,9-13,15H2,1-3H3;2*4,15-18H,5-12H2,1-3H3;1H4;1H3/q;;;;;-1/p+1/t2*17-,20?,22?,23?,24-,25+;2*15-,16?,17?,18?,20-,21-;;/m0000../s1. The fourth-order valence-electron chi connectivity index (χ4n) is 28.3. The zero-order valence-electron chi connectivity index (χ0n) is 64.9. The van der Waals surface area contributed by atoms with E-state index in [-0.39, 0.29) is 60.7 Å². The molecule has 16 aliphatic carbocycles. The molecule has 8 nitrogen and oxygen atoms in total. The molecule has 2 aromatic heterocycles. The average molecular weight is 1390 g/mol. The Morgan fingerprint density at radius 1 is 0.422 bits per heavy atom. The second kappa shape index (κ2) is 28.3. The molecule has 102 heavy (non-hydrogen) atoms. The number of aromatic amines is 1. The van der Waals surface area contributed by atoms with E-state index in [2.05, 4.69) is 152 Å². The number of hydrogen-bond donors (Lipinski definition) is 0. The molecule has 0 saturated heterocycles. The highest BCUT2D eigenvalue weighted by Gasteiger charge is 2.63. The van der Waals surface area contributed by atoms with Gasteiger partial charge in [-0.25, -0.2) is 4.98 Å². The summed E-state index contributed by atoms with van der Waals surface area (Å²) in [5, 5.41) is 0. The summed E-state index contributed by atoms with van der Waals surface area (Å²) in [5.41, 5.74) is 14.8. The van der Waals surface area contributed by atoms with Crippen LogP contribution in [-0.4, -0.2) is 40.7 Å². The third kappa shape index (κ3) is 12.5. The van der Waals surface area contributed by atoms with Crippen molar-refractivity contribution in [1.82, 2.24) is 4.98 Å². The van der Waals surface area contributed by atoms with E-state index in [0.717, 1.165) is 137 Å². The van der Waals surface area contributed by atoms with Crippen molar-refractivity contribution in [2.24, 2.45) is 126 Å². The Balaban J connectivity index is 0.000000121. The predicted octanol–water partition coefficient (Wildman–Crippen LogP) is 22.8. The molecule has 8 heteroatoms.